The second-order valence-corrected chi connectivity index (χ2v) is 4.67. The van der Waals surface area contributed by atoms with Gasteiger partial charge in [-0.1, -0.05) is 11.6 Å². The molecule has 1 unspecified atom stereocenters. The van der Waals surface area contributed by atoms with Gasteiger partial charge in [0.15, 0.2) is 0 Å². The van der Waals surface area contributed by atoms with Gasteiger partial charge in [0.1, 0.15) is 0 Å². The summed E-state index contributed by atoms with van der Waals surface area (Å²) in [6, 6.07) is -0.101. The van der Waals surface area contributed by atoms with E-state index in [2.05, 4.69) is 5.32 Å². The number of likely N-dealkylation sites (tertiary alicyclic amines) is 1. The molecular formula is C12H20N2O3. The fourth-order valence-electron chi connectivity index (χ4n) is 1.88. The van der Waals surface area contributed by atoms with Crippen LogP contribution in [0.25, 0.3) is 0 Å². The lowest BCUT2D eigenvalue weighted by molar-refractivity contribution is -0.138. The molecule has 5 heteroatoms. The van der Waals surface area contributed by atoms with Crippen molar-refractivity contribution in [1.29, 1.82) is 0 Å². The van der Waals surface area contributed by atoms with Gasteiger partial charge in [-0.15, -0.1) is 0 Å². The molecule has 0 aromatic heterocycles. The van der Waals surface area contributed by atoms with Gasteiger partial charge < -0.3 is 15.3 Å². The van der Waals surface area contributed by atoms with Crippen LogP contribution in [0.1, 0.15) is 26.7 Å². The molecule has 0 saturated carbocycles. The second kappa shape index (κ2) is 6.27. The molecule has 1 aliphatic rings. The Kier molecular flexibility index (Phi) is 5.00. The van der Waals surface area contributed by atoms with Crippen molar-refractivity contribution >= 4 is 12.0 Å². The molecule has 5 nitrogen and oxygen atoms in total. The standard InChI is InChI=1S/C12H20N2O3/c1-9(2)3-5-13-12(17)14-6-4-10(8-14)7-11(15)16/h3,10H,4-8H2,1-2H3,(H,13,17)(H,15,16). The molecule has 1 fully saturated rings. The van der Waals surface area contributed by atoms with Crippen molar-refractivity contribution in [3.05, 3.63) is 11.6 Å². The molecule has 96 valence electrons. The molecular weight excluding hydrogens is 220 g/mol. The van der Waals surface area contributed by atoms with E-state index in [9.17, 15) is 9.59 Å². The number of allylic oxidation sites excluding steroid dienone is 1. The number of aliphatic carboxylic acids is 1. The maximum absolute atomic E-state index is 11.7. The van der Waals surface area contributed by atoms with E-state index in [0.29, 0.717) is 19.6 Å². The third-order valence-electron chi connectivity index (χ3n) is 2.80. The monoisotopic (exact) mass is 240 g/mol. The lowest BCUT2D eigenvalue weighted by Gasteiger charge is -2.16. The number of urea groups is 1. The number of rotatable bonds is 4. The Morgan fingerprint density at radius 1 is 1.47 bits per heavy atom. The molecule has 17 heavy (non-hydrogen) atoms. The summed E-state index contributed by atoms with van der Waals surface area (Å²) in [6.07, 6.45) is 2.88. The van der Waals surface area contributed by atoms with Crippen LogP contribution in [0.5, 0.6) is 0 Å². The zero-order chi connectivity index (χ0) is 12.8. The molecule has 2 N–H and O–H groups in total. The van der Waals surface area contributed by atoms with Crippen LogP contribution in [-0.4, -0.2) is 41.6 Å². The van der Waals surface area contributed by atoms with E-state index >= 15 is 0 Å². The minimum Gasteiger partial charge on any atom is -0.481 e. The number of amides is 2. The number of carboxylic acid groups (broad SMARTS) is 1. The Hall–Kier alpha value is -1.52. The van der Waals surface area contributed by atoms with Gasteiger partial charge in [0, 0.05) is 26.1 Å². The maximum Gasteiger partial charge on any atom is 0.317 e. The van der Waals surface area contributed by atoms with E-state index in [1.165, 1.54) is 0 Å². The summed E-state index contributed by atoms with van der Waals surface area (Å²) in [5.74, 6) is -0.691. The number of nitrogens with one attached hydrogen (secondary N) is 1. The highest BCUT2D eigenvalue weighted by atomic mass is 16.4. The molecule has 1 aliphatic heterocycles. The number of carboxylic acids is 1. The minimum atomic E-state index is -0.790. The van der Waals surface area contributed by atoms with Crippen LogP contribution in [-0.2, 0) is 4.79 Å². The molecule has 1 saturated heterocycles. The molecule has 0 aliphatic carbocycles. The van der Waals surface area contributed by atoms with Crippen molar-refractivity contribution < 1.29 is 14.7 Å². The zero-order valence-electron chi connectivity index (χ0n) is 10.4. The Balaban J connectivity index is 2.30. The molecule has 1 atom stereocenters. The van der Waals surface area contributed by atoms with Gasteiger partial charge in [-0.05, 0) is 26.2 Å². The van der Waals surface area contributed by atoms with Crippen LogP contribution in [0.15, 0.2) is 11.6 Å². The zero-order valence-corrected chi connectivity index (χ0v) is 10.4. The first-order valence-electron chi connectivity index (χ1n) is 5.87. The lowest BCUT2D eigenvalue weighted by atomic mass is 10.1. The normalized spacial score (nSPS) is 18.9. The van der Waals surface area contributed by atoms with Crippen LogP contribution in [0.3, 0.4) is 0 Å². The van der Waals surface area contributed by atoms with Crippen molar-refractivity contribution in [2.45, 2.75) is 26.7 Å². The van der Waals surface area contributed by atoms with Gasteiger partial charge >= 0.3 is 12.0 Å². The summed E-state index contributed by atoms with van der Waals surface area (Å²) in [5, 5.41) is 11.5. The molecule has 2 amide bonds. The van der Waals surface area contributed by atoms with Gasteiger partial charge in [0.05, 0.1) is 0 Å². The van der Waals surface area contributed by atoms with E-state index in [4.69, 9.17) is 5.11 Å². The predicted octanol–water partition coefficient (Wildman–Crippen LogP) is 1.46. The maximum atomic E-state index is 11.7. The number of hydrogen-bond acceptors (Lipinski definition) is 2. The van der Waals surface area contributed by atoms with E-state index in [1.807, 2.05) is 19.9 Å². The molecule has 0 aromatic rings. The van der Waals surface area contributed by atoms with Gasteiger partial charge in [-0.25, -0.2) is 4.79 Å². The van der Waals surface area contributed by atoms with E-state index in [0.717, 1.165) is 12.0 Å². The van der Waals surface area contributed by atoms with Crippen LogP contribution >= 0.6 is 0 Å². The first-order valence-corrected chi connectivity index (χ1v) is 5.87. The van der Waals surface area contributed by atoms with Crippen molar-refractivity contribution in [1.82, 2.24) is 10.2 Å². The van der Waals surface area contributed by atoms with E-state index < -0.39 is 5.97 Å². The number of carbonyl (C=O) groups is 2. The smallest absolute Gasteiger partial charge is 0.317 e. The van der Waals surface area contributed by atoms with Crippen LogP contribution in [0.2, 0.25) is 0 Å². The van der Waals surface area contributed by atoms with Crippen molar-refractivity contribution in [3.8, 4) is 0 Å². The van der Waals surface area contributed by atoms with Gasteiger partial charge in [0.2, 0.25) is 0 Å². The summed E-state index contributed by atoms with van der Waals surface area (Å²) < 4.78 is 0. The van der Waals surface area contributed by atoms with Gasteiger partial charge in [-0.2, -0.15) is 0 Å². The number of carbonyl (C=O) groups excluding carboxylic acids is 1. The number of nitrogens with zero attached hydrogens (tertiary/aromatic N) is 1. The molecule has 1 rings (SSSR count). The quantitative estimate of drug-likeness (QED) is 0.731. The van der Waals surface area contributed by atoms with Crippen molar-refractivity contribution in [2.75, 3.05) is 19.6 Å². The largest absolute Gasteiger partial charge is 0.481 e. The Morgan fingerprint density at radius 3 is 2.76 bits per heavy atom. The first kappa shape index (κ1) is 13.5. The highest BCUT2D eigenvalue weighted by Gasteiger charge is 2.27. The summed E-state index contributed by atoms with van der Waals surface area (Å²) in [5.41, 5.74) is 1.16. The van der Waals surface area contributed by atoms with Crippen LogP contribution in [0, 0.1) is 5.92 Å². The van der Waals surface area contributed by atoms with Crippen molar-refractivity contribution in [3.63, 3.8) is 0 Å². The molecule has 0 aromatic carbocycles. The Bertz CT molecular complexity index is 322. The fraction of sp³-hybridized carbons (Fsp3) is 0.667. The summed E-state index contributed by atoms with van der Waals surface area (Å²) in [6.45, 7) is 5.68. The Labute approximate surface area is 101 Å². The average Bonchev–Trinajstić information content (AvgIpc) is 2.64. The van der Waals surface area contributed by atoms with E-state index in [-0.39, 0.29) is 18.4 Å². The van der Waals surface area contributed by atoms with Crippen LogP contribution in [0.4, 0.5) is 4.79 Å². The van der Waals surface area contributed by atoms with E-state index in [1.54, 1.807) is 4.90 Å². The minimum absolute atomic E-state index is 0.0988. The van der Waals surface area contributed by atoms with Gasteiger partial charge in [-0.3, -0.25) is 4.79 Å². The summed E-state index contributed by atoms with van der Waals surface area (Å²) in [7, 11) is 0. The average molecular weight is 240 g/mol. The third-order valence-corrected chi connectivity index (χ3v) is 2.80. The third kappa shape index (κ3) is 4.89. The Morgan fingerprint density at radius 2 is 2.18 bits per heavy atom. The fourth-order valence-corrected chi connectivity index (χ4v) is 1.88. The van der Waals surface area contributed by atoms with Crippen LogP contribution < -0.4 is 5.32 Å². The molecule has 0 spiro atoms. The summed E-state index contributed by atoms with van der Waals surface area (Å²) >= 11 is 0. The topological polar surface area (TPSA) is 69.6 Å². The first-order chi connectivity index (χ1) is 7.99. The predicted molar refractivity (Wildman–Crippen MR) is 64.8 cm³/mol. The molecule has 0 radical (unpaired) electrons. The van der Waals surface area contributed by atoms with Crippen molar-refractivity contribution in [2.24, 2.45) is 5.92 Å². The summed E-state index contributed by atoms with van der Waals surface area (Å²) in [4.78, 5) is 23.9. The SMILES string of the molecule is CC(C)=CCNC(=O)N1CCC(CC(=O)O)C1. The highest BCUT2D eigenvalue weighted by Crippen LogP contribution is 2.19. The second-order valence-electron chi connectivity index (χ2n) is 4.67. The van der Waals surface area contributed by atoms with Gasteiger partial charge in [0.25, 0.3) is 0 Å². The molecule has 1 heterocycles. The highest BCUT2D eigenvalue weighted by molar-refractivity contribution is 5.75. The molecule has 0 bridgehead atoms. The lowest BCUT2D eigenvalue weighted by Crippen LogP contribution is -2.38. The number of hydrogen-bond donors (Lipinski definition) is 2.